The lowest BCUT2D eigenvalue weighted by molar-refractivity contribution is -0.137. The first kappa shape index (κ1) is 35.2. The van der Waals surface area contributed by atoms with Crippen molar-refractivity contribution >= 4 is 17.6 Å². The molecular weight excluding hydrogens is 661 g/mol. The molecule has 2 N–H and O–H groups in total. The molecule has 51 heavy (non-hydrogen) atoms. The third-order valence-electron chi connectivity index (χ3n) is 8.45. The fraction of sp³-hybridized carbons (Fsp3) is 0.200. The van der Waals surface area contributed by atoms with Gasteiger partial charge in [0.15, 0.2) is 0 Å². The molecule has 1 aliphatic rings. The topological polar surface area (TPSA) is 97.3 Å². The number of carboxylic acids is 1. The van der Waals surface area contributed by atoms with E-state index >= 15 is 0 Å². The molecular formula is C40H35F3N2O6. The van der Waals surface area contributed by atoms with Crippen LogP contribution in [0.25, 0.3) is 11.1 Å². The Labute approximate surface area is 293 Å². The van der Waals surface area contributed by atoms with Gasteiger partial charge in [0.2, 0.25) is 0 Å². The zero-order valence-electron chi connectivity index (χ0n) is 27.5. The van der Waals surface area contributed by atoms with Crippen LogP contribution in [0.15, 0.2) is 115 Å². The van der Waals surface area contributed by atoms with E-state index in [-0.39, 0.29) is 23.6 Å². The van der Waals surface area contributed by atoms with Gasteiger partial charge in [-0.05, 0) is 95.4 Å². The van der Waals surface area contributed by atoms with Crippen molar-refractivity contribution in [3.63, 3.8) is 0 Å². The number of hydrogen-bond donors (Lipinski definition) is 2. The molecule has 262 valence electrons. The lowest BCUT2D eigenvalue weighted by Gasteiger charge is -2.27. The lowest BCUT2D eigenvalue weighted by Crippen LogP contribution is -2.37. The number of carbonyl (C=O) groups excluding carboxylic acids is 1. The second-order valence-corrected chi connectivity index (χ2v) is 12.0. The fourth-order valence-electron chi connectivity index (χ4n) is 5.71. The zero-order chi connectivity index (χ0) is 35.8. The van der Waals surface area contributed by atoms with Gasteiger partial charge in [-0.2, -0.15) is 13.2 Å². The van der Waals surface area contributed by atoms with Gasteiger partial charge in [-0.3, -0.25) is 9.69 Å². The lowest BCUT2D eigenvalue weighted by atomic mass is 9.93. The van der Waals surface area contributed by atoms with Crippen LogP contribution in [0.2, 0.25) is 0 Å². The van der Waals surface area contributed by atoms with Crippen LogP contribution in [0.1, 0.15) is 37.4 Å². The van der Waals surface area contributed by atoms with Gasteiger partial charge >= 0.3 is 12.1 Å². The van der Waals surface area contributed by atoms with Crippen LogP contribution >= 0.6 is 0 Å². The van der Waals surface area contributed by atoms with Gasteiger partial charge in [0, 0.05) is 25.2 Å². The molecule has 0 saturated carbocycles. The van der Waals surface area contributed by atoms with Gasteiger partial charge in [0.25, 0.3) is 5.91 Å². The minimum atomic E-state index is -4.47. The van der Waals surface area contributed by atoms with E-state index in [1.54, 1.807) is 48.5 Å². The summed E-state index contributed by atoms with van der Waals surface area (Å²) in [5, 5.41) is 13.0. The third kappa shape index (κ3) is 9.33. The number of hydrogen-bond acceptors (Lipinski definition) is 6. The molecule has 5 aromatic rings. The Bertz CT molecular complexity index is 1960. The summed E-state index contributed by atoms with van der Waals surface area (Å²) in [5.74, 6) is -0.375. The molecule has 1 amide bonds. The SMILES string of the molecule is O=C(Nc1cc(CCN2CCOCC2)c(-c2ccc(COc3cccc(C(F)(F)F)c3)cc2)cc1C(=O)O)c1ccc(Oc2ccccc2)cc1. The van der Waals surface area contributed by atoms with Crippen molar-refractivity contribution in [1.82, 2.24) is 4.90 Å². The second-order valence-electron chi connectivity index (χ2n) is 12.0. The fourth-order valence-corrected chi connectivity index (χ4v) is 5.71. The summed E-state index contributed by atoms with van der Waals surface area (Å²) in [6, 6.07) is 31.0. The largest absolute Gasteiger partial charge is 0.489 e. The number of para-hydroxylation sites is 1. The van der Waals surface area contributed by atoms with Gasteiger partial charge in [-0.15, -0.1) is 0 Å². The molecule has 8 nitrogen and oxygen atoms in total. The van der Waals surface area contributed by atoms with Crippen molar-refractivity contribution < 1.29 is 42.1 Å². The van der Waals surface area contributed by atoms with Crippen LogP contribution in [0.5, 0.6) is 17.2 Å². The van der Waals surface area contributed by atoms with Crippen LogP contribution in [0.3, 0.4) is 0 Å². The van der Waals surface area contributed by atoms with Gasteiger partial charge in [-0.1, -0.05) is 48.5 Å². The summed E-state index contributed by atoms with van der Waals surface area (Å²) in [6.07, 6.45) is -3.90. The highest BCUT2D eigenvalue weighted by Crippen LogP contribution is 2.33. The molecule has 0 unspecified atom stereocenters. The summed E-state index contributed by atoms with van der Waals surface area (Å²) in [6.45, 7) is 3.54. The van der Waals surface area contributed by atoms with E-state index in [9.17, 15) is 27.9 Å². The number of aromatic carboxylic acids is 1. The Morgan fingerprint density at radius 2 is 1.49 bits per heavy atom. The predicted octanol–water partition coefficient (Wildman–Crippen LogP) is 8.57. The van der Waals surface area contributed by atoms with Crippen molar-refractivity contribution in [1.29, 1.82) is 0 Å². The Morgan fingerprint density at radius 3 is 2.18 bits per heavy atom. The number of anilines is 1. The van der Waals surface area contributed by atoms with Gasteiger partial charge in [0.05, 0.1) is 30.0 Å². The smallest absolute Gasteiger partial charge is 0.416 e. The van der Waals surface area contributed by atoms with E-state index < -0.39 is 23.6 Å². The Balaban J connectivity index is 1.23. The minimum Gasteiger partial charge on any atom is -0.489 e. The van der Waals surface area contributed by atoms with Gasteiger partial charge in [0.1, 0.15) is 23.9 Å². The molecule has 0 radical (unpaired) electrons. The molecule has 1 heterocycles. The number of halogens is 3. The second kappa shape index (κ2) is 15.9. The number of carbonyl (C=O) groups is 2. The van der Waals surface area contributed by atoms with Crippen LogP contribution < -0.4 is 14.8 Å². The Morgan fingerprint density at radius 1 is 0.804 bits per heavy atom. The van der Waals surface area contributed by atoms with Crippen LogP contribution in [-0.4, -0.2) is 54.7 Å². The quantitative estimate of drug-likeness (QED) is 0.135. The summed E-state index contributed by atoms with van der Waals surface area (Å²) >= 11 is 0. The maximum Gasteiger partial charge on any atom is 0.416 e. The Hall–Kier alpha value is -5.65. The monoisotopic (exact) mass is 696 g/mol. The molecule has 0 bridgehead atoms. The average molecular weight is 697 g/mol. The van der Waals surface area contributed by atoms with E-state index in [1.165, 1.54) is 12.1 Å². The van der Waals surface area contributed by atoms with Crippen molar-refractivity contribution in [3.05, 3.63) is 143 Å². The zero-order valence-corrected chi connectivity index (χ0v) is 27.5. The summed E-state index contributed by atoms with van der Waals surface area (Å²) in [4.78, 5) is 28.2. The van der Waals surface area contributed by atoms with Crippen LogP contribution in [0.4, 0.5) is 18.9 Å². The predicted molar refractivity (Wildman–Crippen MR) is 186 cm³/mol. The summed E-state index contributed by atoms with van der Waals surface area (Å²) in [5.41, 5.74) is 2.61. The number of amides is 1. The summed E-state index contributed by atoms with van der Waals surface area (Å²) in [7, 11) is 0. The molecule has 11 heteroatoms. The first-order valence-electron chi connectivity index (χ1n) is 16.4. The molecule has 1 aliphatic heterocycles. The van der Waals surface area contributed by atoms with Crippen LogP contribution in [0, 0.1) is 0 Å². The highest BCUT2D eigenvalue weighted by Gasteiger charge is 2.30. The van der Waals surface area contributed by atoms with E-state index in [0.29, 0.717) is 54.4 Å². The highest BCUT2D eigenvalue weighted by molar-refractivity contribution is 6.08. The number of benzene rings is 5. The number of alkyl halides is 3. The summed E-state index contributed by atoms with van der Waals surface area (Å²) < 4.78 is 56.3. The normalized spacial score (nSPS) is 13.4. The molecule has 5 aromatic carbocycles. The van der Waals surface area contributed by atoms with E-state index in [2.05, 4.69) is 10.2 Å². The molecule has 6 rings (SSSR count). The molecule has 1 fully saturated rings. The maximum atomic E-state index is 13.4. The number of ether oxygens (including phenoxy) is 3. The molecule has 1 saturated heterocycles. The first-order chi connectivity index (χ1) is 24.6. The van der Waals surface area contributed by atoms with Crippen molar-refractivity contribution in [2.24, 2.45) is 0 Å². The number of rotatable bonds is 12. The number of morpholine rings is 1. The molecule has 0 aliphatic carbocycles. The molecule has 0 spiro atoms. The van der Waals surface area contributed by atoms with Crippen molar-refractivity contribution in [3.8, 4) is 28.4 Å². The number of nitrogens with one attached hydrogen (secondary N) is 1. The number of nitrogens with zero attached hydrogens (tertiary/aromatic N) is 1. The van der Waals surface area contributed by atoms with Crippen LogP contribution in [-0.2, 0) is 23.9 Å². The average Bonchev–Trinajstić information content (AvgIpc) is 3.14. The van der Waals surface area contributed by atoms with E-state index in [0.717, 1.165) is 36.3 Å². The molecule has 0 atom stereocenters. The maximum absolute atomic E-state index is 13.4. The van der Waals surface area contributed by atoms with Crippen molar-refractivity contribution in [2.45, 2.75) is 19.2 Å². The standard InChI is InChI=1S/C40H35F3N2O6/c41-40(42,43)31-5-4-8-34(24-31)50-26-27-9-11-28(12-10-27)35-25-36(39(47)48)37(23-30(35)17-18-45-19-21-49-22-20-45)44-38(46)29-13-15-33(16-14-29)51-32-6-2-1-3-7-32/h1-16,23-25H,17-22,26H2,(H,44,46)(H,47,48). The highest BCUT2D eigenvalue weighted by atomic mass is 19.4. The third-order valence-corrected chi connectivity index (χ3v) is 8.45. The Kier molecular flexibility index (Phi) is 11.0. The van der Waals surface area contributed by atoms with Gasteiger partial charge in [-0.25, -0.2) is 4.79 Å². The van der Waals surface area contributed by atoms with Gasteiger partial charge < -0.3 is 24.6 Å². The van der Waals surface area contributed by atoms with E-state index in [4.69, 9.17) is 14.2 Å². The number of carboxylic acid groups (broad SMARTS) is 1. The van der Waals surface area contributed by atoms with Crippen molar-refractivity contribution in [2.75, 3.05) is 38.2 Å². The molecule has 0 aromatic heterocycles. The van der Waals surface area contributed by atoms with E-state index in [1.807, 2.05) is 42.5 Å². The first-order valence-corrected chi connectivity index (χ1v) is 16.4. The minimum absolute atomic E-state index is 0.0379.